The summed E-state index contributed by atoms with van der Waals surface area (Å²) in [7, 11) is 1.62. The maximum absolute atomic E-state index is 12.1. The second-order valence-corrected chi connectivity index (χ2v) is 4.32. The lowest BCUT2D eigenvalue weighted by Crippen LogP contribution is -2.29. The summed E-state index contributed by atoms with van der Waals surface area (Å²) in [6, 6.07) is 5.50. The smallest absolute Gasteiger partial charge is 0.255 e. The first-order valence-corrected chi connectivity index (χ1v) is 6.67. The van der Waals surface area contributed by atoms with Crippen molar-refractivity contribution in [2.75, 3.05) is 51.9 Å². The Labute approximate surface area is 118 Å². The number of benzene rings is 1. The Kier molecular flexibility index (Phi) is 5.64. The van der Waals surface area contributed by atoms with Gasteiger partial charge in [-0.3, -0.25) is 4.79 Å². The second-order valence-electron chi connectivity index (χ2n) is 4.32. The minimum Gasteiger partial charge on any atom is -0.489 e. The van der Waals surface area contributed by atoms with Crippen molar-refractivity contribution in [3.63, 3.8) is 0 Å². The van der Waals surface area contributed by atoms with E-state index in [0.717, 1.165) is 12.2 Å². The number of carbonyl (C=O) groups excluding carboxylic acids is 1. The molecule has 0 saturated carbocycles. The van der Waals surface area contributed by atoms with Crippen LogP contribution in [-0.2, 0) is 9.47 Å². The molecular weight excluding hydrogens is 260 g/mol. The Morgan fingerprint density at radius 1 is 1.40 bits per heavy atom. The molecule has 0 aliphatic carbocycles. The summed E-state index contributed by atoms with van der Waals surface area (Å²) in [5.41, 5.74) is 1.41. The maximum Gasteiger partial charge on any atom is 0.255 e. The Balaban J connectivity index is 1.83. The van der Waals surface area contributed by atoms with Crippen molar-refractivity contribution in [3.05, 3.63) is 23.8 Å². The van der Waals surface area contributed by atoms with Crippen LogP contribution in [0.15, 0.2) is 18.2 Å². The minimum atomic E-state index is -0.152. The van der Waals surface area contributed by atoms with Crippen LogP contribution in [0.5, 0.6) is 5.75 Å². The highest BCUT2D eigenvalue weighted by molar-refractivity contribution is 5.98. The highest BCUT2D eigenvalue weighted by Crippen LogP contribution is 2.30. The lowest BCUT2D eigenvalue weighted by atomic mass is 10.1. The Hall–Kier alpha value is -1.79. The molecule has 0 fully saturated rings. The third-order valence-corrected chi connectivity index (χ3v) is 2.89. The van der Waals surface area contributed by atoms with Crippen LogP contribution in [0.3, 0.4) is 0 Å². The number of hydrogen-bond acceptors (Lipinski definition) is 5. The highest BCUT2D eigenvalue weighted by Gasteiger charge is 2.18. The van der Waals surface area contributed by atoms with E-state index in [0.29, 0.717) is 44.3 Å². The third kappa shape index (κ3) is 3.85. The van der Waals surface area contributed by atoms with Crippen molar-refractivity contribution in [1.82, 2.24) is 5.32 Å². The van der Waals surface area contributed by atoms with Gasteiger partial charge < -0.3 is 24.8 Å². The van der Waals surface area contributed by atoms with Gasteiger partial charge in [0.25, 0.3) is 5.91 Å². The SMILES string of the molecule is COCCOCCNC(=O)c1cccc2c1OCCN2. The first-order chi connectivity index (χ1) is 9.83. The zero-order chi connectivity index (χ0) is 14.2. The first kappa shape index (κ1) is 14.6. The summed E-state index contributed by atoms with van der Waals surface area (Å²) in [5, 5.41) is 6.02. The fourth-order valence-electron chi connectivity index (χ4n) is 1.93. The monoisotopic (exact) mass is 280 g/mol. The van der Waals surface area contributed by atoms with Crippen molar-refractivity contribution >= 4 is 11.6 Å². The highest BCUT2D eigenvalue weighted by atomic mass is 16.5. The van der Waals surface area contributed by atoms with Crippen LogP contribution >= 0.6 is 0 Å². The van der Waals surface area contributed by atoms with Crippen molar-refractivity contribution in [3.8, 4) is 5.75 Å². The molecule has 6 nitrogen and oxygen atoms in total. The van der Waals surface area contributed by atoms with Crippen molar-refractivity contribution in [2.24, 2.45) is 0 Å². The predicted molar refractivity (Wildman–Crippen MR) is 75.5 cm³/mol. The van der Waals surface area contributed by atoms with Gasteiger partial charge >= 0.3 is 0 Å². The van der Waals surface area contributed by atoms with E-state index in [9.17, 15) is 4.79 Å². The first-order valence-electron chi connectivity index (χ1n) is 6.67. The number of ether oxygens (including phenoxy) is 3. The summed E-state index contributed by atoms with van der Waals surface area (Å²) < 4.78 is 15.7. The number of methoxy groups -OCH3 is 1. The molecule has 1 aromatic rings. The number of anilines is 1. The number of carbonyl (C=O) groups is 1. The summed E-state index contributed by atoms with van der Waals surface area (Å²) >= 11 is 0. The number of amides is 1. The van der Waals surface area contributed by atoms with E-state index >= 15 is 0 Å². The summed E-state index contributed by atoms with van der Waals surface area (Å²) in [6.07, 6.45) is 0. The van der Waals surface area contributed by atoms with Gasteiger partial charge in [-0.15, -0.1) is 0 Å². The van der Waals surface area contributed by atoms with E-state index in [1.54, 1.807) is 13.2 Å². The Bertz CT molecular complexity index is 451. The van der Waals surface area contributed by atoms with Crippen LogP contribution in [0.1, 0.15) is 10.4 Å². The van der Waals surface area contributed by atoms with E-state index in [1.807, 2.05) is 12.1 Å². The molecule has 1 heterocycles. The molecule has 1 aromatic carbocycles. The van der Waals surface area contributed by atoms with E-state index < -0.39 is 0 Å². The van der Waals surface area contributed by atoms with Gasteiger partial charge in [0, 0.05) is 20.2 Å². The van der Waals surface area contributed by atoms with Gasteiger partial charge in [-0.2, -0.15) is 0 Å². The number of fused-ring (bicyclic) bond motifs is 1. The van der Waals surface area contributed by atoms with Crippen molar-refractivity contribution < 1.29 is 19.0 Å². The van der Waals surface area contributed by atoms with Crippen LogP contribution in [-0.4, -0.2) is 52.5 Å². The predicted octanol–water partition coefficient (Wildman–Crippen LogP) is 0.884. The minimum absolute atomic E-state index is 0.152. The summed E-state index contributed by atoms with van der Waals surface area (Å²) in [6.45, 7) is 3.32. The molecule has 110 valence electrons. The van der Waals surface area contributed by atoms with Gasteiger partial charge in [0.1, 0.15) is 6.61 Å². The van der Waals surface area contributed by atoms with E-state index in [1.165, 1.54) is 0 Å². The standard InChI is InChI=1S/C14H20N2O4/c1-18-9-10-19-7-5-16-14(17)11-3-2-4-12-13(11)20-8-6-15-12/h2-4,15H,5-10H2,1H3,(H,16,17). The maximum atomic E-state index is 12.1. The van der Waals surface area contributed by atoms with Crippen molar-refractivity contribution in [1.29, 1.82) is 0 Å². The largest absolute Gasteiger partial charge is 0.489 e. The molecule has 0 atom stereocenters. The molecule has 2 rings (SSSR count). The Morgan fingerprint density at radius 3 is 3.15 bits per heavy atom. The molecule has 0 unspecified atom stereocenters. The molecular formula is C14H20N2O4. The van der Waals surface area contributed by atoms with Crippen LogP contribution < -0.4 is 15.4 Å². The molecule has 20 heavy (non-hydrogen) atoms. The molecule has 1 aliphatic rings. The normalized spacial score (nSPS) is 13.1. The van der Waals surface area contributed by atoms with Gasteiger partial charge in [-0.1, -0.05) is 6.07 Å². The van der Waals surface area contributed by atoms with Crippen LogP contribution in [0.4, 0.5) is 5.69 Å². The summed E-state index contributed by atoms with van der Waals surface area (Å²) in [5.74, 6) is 0.470. The molecule has 0 saturated heterocycles. The molecule has 6 heteroatoms. The van der Waals surface area contributed by atoms with Gasteiger partial charge in [-0.05, 0) is 12.1 Å². The fourth-order valence-corrected chi connectivity index (χ4v) is 1.93. The quantitative estimate of drug-likeness (QED) is 0.726. The number of nitrogens with one attached hydrogen (secondary N) is 2. The molecule has 2 N–H and O–H groups in total. The van der Waals surface area contributed by atoms with Gasteiger partial charge in [-0.25, -0.2) is 0 Å². The zero-order valence-corrected chi connectivity index (χ0v) is 11.6. The second kappa shape index (κ2) is 7.72. The molecule has 1 aliphatic heterocycles. The summed E-state index contributed by atoms with van der Waals surface area (Å²) in [4.78, 5) is 12.1. The van der Waals surface area contributed by atoms with Crippen LogP contribution in [0.2, 0.25) is 0 Å². The van der Waals surface area contributed by atoms with E-state index in [2.05, 4.69) is 10.6 Å². The zero-order valence-electron chi connectivity index (χ0n) is 11.6. The topological polar surface area (TPSA) is 68.8 Å². The molecule has 0 radical (unpaired) electrons. The average Bonchev–Trinajstić information content (AvgIpc) is 2.50. The lowest BCUT2D eigenvalue weighted by Gasteiger charge is -2.21. The van der Waals surface area contributed by atoms with Gasteiger partial charge in [0.15, 0.2) is 5.75 Å². The average molecular weight is 280 g/mol. The molecule has 0 aromatic heterocycles. The number of hydrogen-bond donors (Lipinski definition) is 2. The fraction of sp³-hybridized carbons (Fsp3) is 0.500. The number of rotatable bonds is 7. The molecule has 0 spiro atoms. The number of para-hydroxylation sites is 1. The van der Waals surface area contributed by atoms with E-state index in [-0.39, 0.29) is 5.91 Å². The molecule has 1 amide bonds. The van der Waals surface area contributed by atoms with E-state index in [4.69, 9.17) is 14.2 Å². The molecule has 0 bridgehead atoms. The lowest BCUT2D eigenvalue weighted by molar-refractivity contribution is 0.0692. The van der Waals surface area contributed by atoms with Crippen molar-refractivity contribution in [2.45, 2.75) is 0 Å². The van der Waals surface area contributed by atoms with Gasteiger partial charge in [0.05, 0.1) is 31.1 Å². The Morgan fingerprint density at radius 2 is 2.30 bits per heavy atom. The third-order valence-electron chi connectivity index (χ3n) is 2.89. The van der Waals surface area contributed by atoms with Crippen LogP contribution in [0, 0.1) is 0 Å². The van der Waals surface area contributed by atoms with Crippen LogP contribution in [0.25, 0.3) is 0 Å². The van der Waals surface area contributed by atoms with Gasteiger partial charge in [0.2, 0.25) is 0 Å².